The first-order valence-electron chi connectivity index (χ1n) is 12.2. The molecule has 0 saturated carbocycles. The fourth-order valence-electron chi connectivity index (χ4n) is 5.24. The summed E-state index contributed by atoms with van der Waals surface area (Å²) in [6.45, 7) is 0.433. The van der Waals surface area contributed by atoms with Gasteiger partial charge in [0, 0.05) is 46.6 Å². The minimum atomic E-state index is -3.78. The van der Waals surface area contributed by atoms with E-state index in [0.29, 0.717) is 31.1 Å². The van der Waals surface area contributed by atoms with Crippen LogP contribution in [0.25, 0.3) is 0 Å². The van der Waals surface area contributed by atoms with E-state index in [9.17, 15) is 23.1 Å². The number of halogens is 3. The van der Waals surface area contributed by atoms with Gasteiger partial charge in [-0.05, 0) is 54.8 Å². The van der Waals surface area contributed by atoms with Crippen LogP contribution >= 0.6 is 23.2 Å². The summed E-state index contributed by atoms with van der Waals surface area (Å²) in [5, 5.41) is 12.7. The van der Waals surface area contributed by atoms with Crippen molar-refractivity contribution in [2.75, 3.05) is 19.5 Å². The number of hydrogen-bond donors (Lipinski definition) is 1. The Balaban J connectivity index is 1.66. The maximum Gasteiger partial charge on any atom is 0.257 e. The number of amides is 1. The third-order valence-corrected chi connectivity index (χ3v) is 8.85. The molecule has 0 radical (unpaired) electrons. The zero-order chi connectivity index (χ0) is 28.1. The molecule has 2 heterocycles. The first-order valence-corrected chi connectivity index (χ1v) is 14.8. The molecule has 11 heteroatoms. The van der Waals surface area contributed by atoms with Crippen molar-refractivity contribution in [2.45, 2.75) is 30.0 Å². The maximum absolute atomic E-state index is 15.9. The monoisotopic (exact) mass is 591 g/mol. The van der Waals surface area contributed by atoms with Gasteiger partial charge in [-0.1, -0.05) is 41.4 Å². The average Bonchev–Trinajstić information content (AvgIpc) is 3.12. The number of carbonyl (C=O) groups is 2. The highest BCUT2D eigenvalue weighted by atomic mass is 35.5. The van der Waals surface area contributed by atoms with E-state index in [2.05, 4.69) is 0 Å². The molecule has 0 bridgehead atoms. The summed E-state index contributed by atoms with van der Waals surface area (Å²) >= 11 is 12.1. The summed E-state index contributed by atoms with van der Waals surface area (Å²) in [7, 11) is -3.78. The molecule has 0 aliphatic carbocycles. The van der Waals surface area contributed by atoms with Crippen molar-refractivity contribution in [2.24, 2.45) is 5.92 Å². The second-order valence-electron chi connectivity index (χ2n) is 9.73. The van der Waals surface area contributed by atoms with E-state index in [-0.39, 0.29) is 49.4 Å². The van der Waals surface area contributed by atoms with Gasteiger partial charge in [0.15, 0.2) is 21.3 Å². The van der Waals surface area contributed by atoms with Crippen LogP contribution in [0.5, 0.6) is 0 Å². The molecular weight excluding hydrogens is 568 g/mol. The number of benzene rings is 3. The Hall–Kier alpha value is -2.82. The fraction of sp³-hybridized carbons (Fsp3) is 0.286. The highest BCUT2D eigenvalue weighted by molar-refractivity contribution is 7.90. The van der Waals surface area contributed by atoms with E-state index in [1.807, 2.05) is 0 Å². The number of ketones is 1. The van der Waals surface area contributed by atoms with Crippen molar-refractivity contribution in [1.82, 2.24) is 4.90 Å². The Morgan fingerprint density at radius 1 is 1.08 bits per heavy atom. The number of nitrogens with zero attached hydrogens (tertiary/aromatic N) is 1. The highest BCUT2D eigenvalue weighted by Gasteiger charge is 2.52. The van der Waals surface area contributed by atoms with Crippen LogP contribution < -0.4 is 0 Å². The second-order valence-corrected chi connectivity index (χ2v) is 12.6. The summed E-state index contributed by atoms with van der Waals surface area (Å²) in [5.41, 5.74) is -2.50. The van der Waals surface area contributed by atoms with Crippen LogP contribution in [0.1, 0.15) is 50.2 Å². The molecular formula is C28H24Cl2FNO6S. The molecule has 1 amide bonds. The molecule has 1 fully saturated rings. The van der Waals surface area contributed by atoms with Gasteiger partial charge in [0.05, 0.1) is 22.6 Å². The van der Waals surface area contributed by atoms with Crippen molar-refractivity contribution in [3.63, 3.8) is 0 Å². The third kappa shape index (κ3) is 4.98. The number of fused-ring (bicyclic) bond motifs is 1. The van der Waals surface area contributed by atoms with Gasteiger partial charge in [-0.3, -0.25) is 14.5 Å². The highest BCUT2D eigenvalue weighted by Crippen LogP contribution is 2.46. The Morgan fingerprint density at radius 3 is 2.36 bits per heavy atom. The van der Waals surface area contributed by atoms with Gasteiger partial charge in [-0.15, -0.1) is 0 Å². The van der Waals surface area contributed by atoms with Gasteiger partial charge in [-0.2, -0.15) is 0 Å². The van der Waals surface area contributed by atoms with Crippen LogP contribution in [0.4, 0.5) is 4.39 Å². The predicted octanol–water partition coefficient (Wildman–Crippen LogP) is 4.99. The lowest BCUT2D eigenvalue weighted by atomic mass is 9.87. The summed E-state index contributed by atoms with van der Waals surface area (Å²) in [5.74, 6) is -2.38. The summed E-state index contributed by atoms with van der Waals surface area (Å²) in [6.07, 6.45) is 1.97. The molecule has 5 rings (SSSR count). The normalized spacial score (nSPS) is 19.8. The SMILES string of the molecule is CS(=O)(=O)c1cc(Cl)ccc1CN1C(=O)c2cc(C(=O)C3CCOCC3)cc(F)c2C1(O)c1ccc(Cl)cc1. The van der Waals surface area contributed by atoms with E-state index in [1.165, 1.54) is 48.5 Å². The summed E-state index contributed by atoms with van der Waals surface area (Å²) < 4.78 is 46.3. The topological polar surface area (TPSA) is 101 Å². The molecule has 39 heavy (non-hydrogen) atoms. The molecule has 1 N–H and O–H groups in total. The molecule has 0 spiro atoms. The van der Waals surface area contributed by atoms with E-state index < -0.39 is 33.8 Å². The number of carbonyl (C=O) groups excluding carboxylic acids is 2. The van der Waals surface area contributed by atoms with Gasteiger partial charge in [0.2, 0.25) is 0 Å². The molecule has 1 atom stereocenters. The van der Waals surface area contributed by atoms with Crippen molar-refractivity contribution in [3.05, 3.63) is 98.3 Å². The molecule has 2 aliphatic rings. The first-order chi connectivity index (χ1) is 18.4. The van der Waals surface area contributed by atoms with Crippen LogP contribution in [0.2, 0.25) is 10.0 Å². The number of ether oxygens (including phenoxy) is 1. The maximum atomic E-state index is 15.9. The fourth-order valence-corrected chi connectivity index (χ4v) is 6.55. The minimum absolute atomic E-state index is 0.0233. The largest absolute Gasteiger partial charge is 0.381 e. The number of hydrogen-bond acceptors (Lipinski definition) is 6. The van der Waals surface area contributed by atoms with Crippen molar-refractivity contribution >= 4 is 44.7 Å². The number of aliphatic hydroxyl groups is 1. The standard InChI is InChI=1S/C28H24Cl2FNO6S/c1-39(36,37)24-14-21(30)5-2-17(24)15-32-27(34)22-12-18(26(33)16-8-10-38-11-9-16)13-23(31)25(22)28(32,35)19-3-6-20(29)7-4-19/h2-7,12-14,16,35H,8-11,15H2,1H3. The zero-order valence-corrected chi connectivity index (χ0v) is 23.1. The lowest BCUT2D eigenvalue weighted by molar-refractivity contribution is -0.0565. The minimum Gasteiger partial charge on any atom is -0.381 e. The van der Waals surface area contributed by atoms with Crippen LogP contribution in [0.3, 0.4) is 0 Å². The second kappa shape index (κ2) is 10.3. The van der Waals surface area contributed by atoms with Gasteiger partial charge in [0.1, 0.15) is 5.82 Å². The first kappa shape index (κ1) is 27.7. The van der Waals surface area contributed by atoms with Gasteiger partial charge >= 0.3 is 0 Å². The summed E-state index contributed by atoms with van der Waals surface area (Å²) in [4.78, 5) is 27.9. The Bertz CT molecular complexity index is 1590. The molecule has 1 saturated heterocycles. The third-order valence-electron chi connectivity index (χ3n) is 7.19. The van der Waals surface area contributed by atoms with Crippen LogP contribution in [0.15, 0.2) is 59.5 Å². The van der Waals surface area contributed by atoms with Gasteiger partial charge in [-0.25, -0.2) is 12.8 Å². The Labute approximate surface area is 235 Å². The van der Waals surface area contributed by atoms with E-state index in [0.717, 1.165) is 17.2 Å². The van der Waals surface area contributed by atoms with E-state index in [4.69, 9.17) is 27.9 Å². The number of Topliss-reactive ketones (excluding diaryl/α,β-unsaturated/α-hetero) is 1. The van der Waals surface area contributed by atoms with Crippen LogP contribution in [-0.4, -0.2) is 49.6 Å². The molecule has 1 unspecified atom stereocenters. The number of sulfone groups is 1. The molecule has 0 aromatic heterocycles. The van der Waals surface area contributed by atoms with Gasteiger partial charge < -0.3 is 9.84 Å². The van der Waals surface area contributed by atoms with E-state index >= 15 is 4.39 Å². The molecule has 3 aromatic rings. The molecule has 3 aromatic carbocycles. The van der Waals surface area contributed by atoms with Gasteiger partial charge in [0.25, 0.3) is 5.91 Å². The van der Waals surface area contributed by atoms with Crippen molar-refractivity contribution in [3.8, 4) is 0 Å². The Morgan fingerprint density at radius 2 is 1.72 bits per heavy atom. The molecule has 2 aliphatic heterocycles. The molecule has 7 nitrogen and oxygen atoms in total. The quantitative estimate of drug-likeness (QED) is 0.405. The van der Waals surface area contributed by atoms with Crippen LogP contribution in [-0.2, 0) is 26.8 Å². The zero-order valence-electron chi connectivity index (χ0n) is 20.8. The lowest BCUT2D eigenvalue weighted by Gasteiger charge is -2.35. The average molecular weight is 592 g/mol. The van der Waals surface area contributed by atoms with Crippen molar-refractivity contribution in [1.29, 1.82) is 0 Å². The summed E-state index contributed by atoms with van der Waals surface area (Å²) in [6, 6.07) is 12.4. The lowest BCUT2D eigenvalue weighted by Crippen LogP contribution is -2.44. The van der Waals surface area contributed by atoms with Crippen molar-refractivity contribution < 1.29 is 32.2 Å². The number of rotatable bonds is 6. The van der Waals surface area contributed by atoms with Crippen LogP contribution in [0, 0.1) is 11.7 Å². The predicted molar refractivity (Wildman–Crippen MR) is 143 cm³/mol. The molecule has 204 valence electrons. The smallest absolute Gasteiger partial charge is 0.257 e. The van der Waals surface area contributed by atoms with E-state index in [1.54, 1.807) is 0 Å². The Kier molecular flexibility index (Phi) is 7.32.